The molecule has 0 aromatic heterocycles. The van der Waals surface area contributed by atoms with Crippen LogP contribution in [0.2, 0.25) is 0 Å². The van der Waals surface area contributed by atoms with E-state index >= 15 is 0 Å². The van der Waals surface area contributed by atoms with Crippen LogP contribution in [0.1, 0.15) is 92.9 Å². The maximum absolute atomic E-state index is 14.4. The van der Waals surface area contributed by atoms with Crippen LogP contribution < -0.4 is 0 Å². The number of fused-ring (bicyclic) bond motifs is 7. The largest absolute Gasteiger partial charge is 0.432 e. The fourth-order valence-corrected chi connectivity index (χ4v) is 12.1. The minimum absolute atomic E-state index is 0.00502. The van der Waals surface area contributed by atoms with E-state index in [1.54, 1.807) is 0 Å². The predicted molar refractivity (Wildman–Crippen MR) is 169 cm³/mol. The number of carbonyl (C=O) groups is 1. The lowest BCUT2D eigenvalue weighted by Crippen LogP contribution is -2.69. The number of ether oxygens (including phenoxy) is 2. The summed E-state index contributed by atoms with van der Waals surface area (Å²) in [5.41, 5.74) is -2.46. The molecule has 268 valence electrons. The van der Waals surface area contributed by atoms with Crippen molar-refractivity contribution >= 4 is 5.97 Å². The van der Waals surface area contributed by atoms with E-state index in [1.807, 2.05) is 20.8 Å². The van der Waals surface area contributed by atoms with Crippen molar-refractivity contribution in [2.75, 3.05) is 13.2 Å². The van der Waals surface area contributed by atoms with Gasteiger partial charge in [-0.15, -0.1) is 0 Å². The zero-order valence-electron chi connectivity index (χ0n) is 28.8. The van der Waals surface area contributed by atoms with Gasteiger partial charge in [0.1, 0.15) is 24.4 Å². The molecular formula is C36H58O11. The van der Waals surface area contributed by atoms with E-state index in [4.69, 9.17) is 9.47 Å². The van der Waals surface area contributed by atoms with Gasteiger partial charge in [-0.05, 0) is 84.9 Å². The fraction of sp³-hybridized carbons (Fsp3) is 0.917. The summed E-state index contributed by atoms with van der Waals surface area (Å²) in [5, 5.41) is 85.9. The zero-order valence-corrected chi connectivity index (χ0v) is 28.8. The third-order valence-electron chi connectivity index (χ3n) is 15.4. The molecule has 0 spiro atoms. The van der Waals surface area contributed by atoms with Crippen molar-refractivity contribution in [3.8, 4) is 0 Å². The topological polar surface area (TPSA) is 197 Å². The molecule has 5 fully saturated rings. The van der Waals surface area contributed by atoms with E-state index in [2.05, 4.69) is 26.8 Å². The average molecular weight is 667 g/mol. The van der Waals surface area contributed by atoms with Crippen LogP contribution in [0.25, 0.3) is 0 Å². The SMILES string of the molecule is CC1(C)CC[C@]2(C(=O)O[C@@H]3O[C@H](CO)[C@@H](O)[C@H](O)[C@H]3O)CC[C@]3(C)C(=CC[C@@H]4[C@@]5(C)C[C@@H](O)[C@H](O)[C@](C)(CO)[C@H]5CC[C@]43C)[C@@H]2[C@@H]1O. The van der Waals surface area contributed by atoms with E-state index in [0.29, 0.717) is 38.5 Å². The van der Waals surface area contributed by atoms with Crippen molar-refractivity contribution in [2.24, 2.45) is 50.2 Å². The maximum Gasteiger partial charge on any atom is 0.315 e. The molecule has 16 atom stereocenters. The Hall–Kier alpha value is -1.15. The second kappa shape index (κ2) is 11.4. The van der Waals surface area contributed by atoms with Crippen LogP contribution in [0.4, 0.5) is 0 Å². The van der Waals surface area contributed by atoms with Gasteiger partial charge < -0.3 is 50.3 Å². The zero-order chi connectivity index (χ0) is 34.7. The number of hydrogen-bond donors (Lipinski definition) is 8. The van der Waals surface area contributed by atoms with E-state index in [9.17, 15) is 45.6 Å². The highest BCUT2D eigenvalue weighted by atomic mass is 16.7. The average Bonchev–Trinajstić information content (AvgIpc) is 3.02. The molecule has 11 heteroatoms. The Kier molecular flexibility index (Phi) is 8.68. The first-order valence-corrected chi connectivity index (χ1v) is 17.7. The van der Waals surface area contributed by atoms with Crippen LogP contribution in [0.5, 0.6) is 0 Å². The van der Waals surface area contributed by atoms with Crippen molar-refractivity contribution in [2.45, 2.75) is 142 Å². The summed E-state index contributed by atoms with van der Waals surface area (Å²) in [5.74, 6) is -1.08. The van der Waals surface area contributed by atoms with Crippen molar-refractivity contribution in [3.05, 3.63) is 11.6 Å². The number of rotatable bonds is 4. The first kappa shape index (κ1) is 35.7. The molecule has 0 amide bonds. The van der Waals surface area contributed by atoms with Gasteiger partial charge in [0.25, 0.3) is 0 Å². The third kappa shape index (κ3) is 4.67. The molecule has 4 saturated carbocycles. The Morgan fingerprint density at radius 3 is 2.15 bits per heavy atom. The Morgan fingerprint density at radius 2 is 1.51 bits per heavy atom. The quantitative estimate of drug-likeness (QED) is 0.160. The van der Waals surface area contributed by atoms with Gasteiger partial charge in [-0.3, -0.25) is 4.79 Å². The van der Waals surface area contributed by atoms with Crippen molar-refractivity contribution in [3.63, 3.8) is 0 Å². The number of esters is 1. The van der Waals surface area contributed by atoms with E-state index in [0.717, 1.165) is 18.4 Å². The summed E-state index contributed by atoms with van der Waals surface area (Å²) < 4.78 is 11.4. The Labute approximate surface area is 278 Å². The molecule has 1 aliphatic heterocycles. The van der Waals surface area contributed by atoms with Gasteiger partial charge in [0.2, 0.25) is 6.29 Å². The fourth-order valence-electron chi connectivity index (χ4n) is 12.1. The summed E-state index contributed by atoms with van der Waals surface area (Å²) >= 11 is 0. The molecule has 6 aliphatic rings. The number of carbonyl (C=O) groups excluding carboxylic acids is 1. The monoisotopic (exact) mass is 666 g/mol. The van der Waals surface area contributed by atoms with Gasteiger partial charge in [0.15, 0.2) is 0 Å². The first-order valence-electron chi connectivity index (χ1n) is 17.7. The smallest absolute Gasteiger partial charge is 0.315 e. The standard InChI is InChI=1S/C36H58O11/c1-31(2)11-13-36(30(45)47-29-26(42)25(41)24(40)20(16-37)46-29)14-12-34(5)18(23(36)28(31)44)7-8-22-32(3)15-19(39)27(43)33(4,17-38)21(32)9-10-35(22,34)6/h7,19-29,37-44H,8-17H2,1-6H3/t19-,20-,21+,22-,23-,24-,25+,26-,27+,28+,29+,32+,33-,34-,35-,36+/m1/s1. The van der Waals surface area contributed by atoms with Gasteiger partial charge in [-0.2, -0.15) is 0 Å². The molecule has 0 aromatic rings. The summed E-state index contributed by atoms with van der Waals surface area (Å²) in [4.78, 5) is 14.4. The number of aliphatic hydroxyl groups excluding tert-OH is 8. The van der Waals surface area contributed by atoms with E-state index in [1.165, 1.54) is 0 Å². The van der Waals surface area contributed by atoms with Crippen LogP contribution in [-0.4, -0.2) is 109 Å². The molecule has 47 heavy (non-hydrogen) atoms. The lowest BCUT2D eigenvalue weighted by atomic mass is 9.33. The van der Waals surface area contributed by atoms with Crippen LogP contribution in [-0.2, 0) is 14.3 Å². The predicted octanol–water partition coefficient (Wildman–Crippen LogP) is 1.41. The molecular weight excluding hydrogens is 608 g/mol. The van der Waals surface area contributed by atoms with Crippen LogP contribution in [0.3, 0.4) is 0 Å². The summed E-state index contributed by atoms with van der Waals surface area (Å²) in [6, 6.07) is 0. The summed E-state index contributed by atoms with van der Waals surface area (Å²) in [6.07, 6.45) is -3.62. The molecule has 1 saturated heterocycles. The van der Waals surface area contributed by atoms with Gasteiger partial charge in [0.05, 0.1) is 36.9 Å². The molecule has 0 radical (unpaired) electrons. The highest BCUT2D eigenvalue weighted by molar-refractivity contribution is 5.79. The third-order valence-corrected chi connectivity index (χ3v) is 15.4. The molecule has 0 aromatic carbocycles. The van der Waals surface area contributed by atoms with Gasteiger partial charge in [0, 0.05) is 11.3 Å². The molecule has 11 nitrogen and oxygen atoms in total. The molecule has 8 N–H and O–H groups in total. The van der Waals surface area contributed by atoms with Crippen molar-refractivity contribution in [1.29, 1.82) is 0 Å². The van der Waals surface area contributed by atoms with Crippen molar-refractivity contribution < 1.29 is 55.1 Å². The van der Waals surface area contributed by atoms with Gasteiger partial charge in [-0.25, -0.2) is 0 Å². The minimum atomic E-state index is -1.72. The summed E-state index contributed by atoms with van der Waals surface area (Å²) in [6.45, 7) is 11.9. The number of allylic oxidation sites excluding steroid dienone is 1. The number of hydrogen-bond acceptors (Lipinski definition) is 11. The highest BCUT2D eigenvalue weighted by Gasteiger charge is 2.72. The van der Waals surface area contributed by atoms with Crippen LogP contribution in [0, 0.1) is 50.2 Å². The second-order valence-corrected chi connectivity index (χ2v) is 17.8. The summed E-state index contributed by atoms with van der Waals surface area (Å²) in [7, 11) is 0. The van der Waals surface area contributed by atoms with Crippen molar-refractivity contribution in [1.82, 2.24) is 0 Å². The number of aliphatic hydroxyl groups is 8. The van der Waals surface area contributed by atoms with E-state index < -0.39 is 89.2 Å². The Balaban J connectivity index is 1.39. The molecule has 5 aliphatic carbocycles. The maximum atomic E-state index is 14.4. The normalized spacial score (nSPS) is 55.4. The lowest BCUT2D eigenvalue weighted by Gasteiger charge is -2.71. The Morgan fingerprint density at radius 1 is 0.851 bits per heavy atom. The highest BCUT2D eigenvalue weighted by Crippen LogP contribution is 2.75. The molecule has 0 unspecified atom stereocenters. The first-order chi connectivity index (χ1) is 21.8. The van der Waals surface area contributed by atoms with Crippen LogP contribution >= 0.6 is 0 Å². The van der Waals surface area contributed by atoms with Gasteiger partial charge in [-0.1, -0.05) is 53.2 Å². The lowest BCUT2D eigenvalue weighted by molar-refractivity contribution is -0.298. The molecule has 0 bridgehead atoms. The van der Waals surface area contributed by atoms with E-state index in [-0.39, 0.29) is 29.3 Å². The molecule has 6 rings (SSSR count). The second-order valence-electron chi connectivity index (χ2n) is 17.8. The van der Waals surface area contributed by atoms with Crippen LogP contribution in [0.15, 0.2) is 11.6 Å². The molecule has 1 heterocycles. The van der Waals surface area contributed by atoms with Gasteiger partial charge >= 0.3 is 5.97 Å². The minimum Gasteiger partial charge on any atom is -0.432 e. The Bertz CT molecular complexity index is 1270.